The Kier molecular flexibility index (Phi) is 6.11. The van der Waals surface area contributed by atoms with Crippen molar-refractivity contribution in [1.82, 2.24) is 5.32 Å². The first kappa shape index (κ1) is 15.3. The maximum absolute atomic E-state index is 10.6. The van der Waals surface area contributed by atoms with Crippen LogP contribution in [0.15, 0.2) is 18.2 Å². The van der Waals surface area contributed by atoms with Crippen molar-refractivity contribution in [2.45, 2.75) is 12.5 Å². The summed E-state index contributed by atoms with van der Waals surface area (Å²) in [7, 11) is 3.17. The zero-order valence-corrected chi connectivity index (χ0v) is 11.2. The Balaban J connectivity index is 2.43. The van der Waals surface area contributed by atoms with Gasteiger partial charge in [-0.2, -0.15) is 0 Å². The van der Waals surface area contributed by atoms with E-state index in [0.717, 1.165) is 12.0 Å². The number of carbonyl (C=O) groups excluding carboxylic acids is 1. The van der Waals surface area contributed by atoms with Crippen LogP contribution in [0.2, 0.25) is 0 Å². The first-order chi connectivity index (χ1) is 9.08. The molecule has 0 unspecified atom stereocenters. The zero-order chi connectivity index (χ0) is 14.3. The number of hydrogen-bond acceptors (Lipinski definition) is 5. The van der Waals surface area contributed by atoms with Crippen LogP contribution in [0.25, 0.3) is 0 Å². The van der Waals surface area contributed by atoms with Gasteiger partial charge in [-0.25, -0.2) is 0 Å². The van der Waals surface area contributed by atoms with Crippen molar-refractivity contribution in [3.63, 3.8) is 0 Å². The Morgan fingerprint density at radius 2 is 2.05 bits per heavy atom. The van der Waals surface area contributed by atoms with Crippen molar-refractivity contribution in [3.05, 3.63) is 23.8 Å². The average Bonchev–Trinajstić information content (AvgIpc) is 2.42. The maximum Gasteiger partial charge on any atom is 0.247 e. The van der Waals surface area contributed by atoms with Crippen LogP contribution in [0, 0.1) is 0 Å². The minimum Gasteiger partial charge on any atom is -0.493 e. The Labute approximate surface area is 112 Å². The lowest BCUT2D eigenvalue weighted by Gasteiger charge is -2.11. The Morgan fingerprint density at radius 1 is 1.37 bits per heavy atom. The van der Waals surface area contributed by atoms with Crippen LogP contribution in [0.3, 0.4) is 0 Å². The summed E-state index contributed by atoms with van der Waals surface area (Å²) in [5, 5.41) is 12.2. The third-order valence-electron chi connectivity index (χ3n) is 2.70. The number of nitrogens with two attached hydrogens (primary N) is 1. The number of aliphatic hydroxyl groups is 1. The number of benzene rings is 1. The van der Waals surface area contributed by atoms with E-state index < -0.39 is 12.0 Å². The van der Waals surface area contributed by atoms with E-state index in [1.807, 2.05) is 18.2 Å². The molecule has 19 heavy (non-hydrogen) atoms. The molecule has 0 heterocycles. The number of hydrogen-bond donors (Lipinski definition) is 3. The molecule has 0 spiro atoms. The van der Waals surface area contributed by atoms with E-state index in [4.69, 9.17) is 15.2 Å². The highest BCUT2D eigenvalue weighted by Gasteiger charge is 2.09. The number of amides is 1. The molecule has 0 aliphatic rings. The smallest absolute Gasteiger partial charge is 0.247 e. The number of methoxy groups -OCH3 is 2. The van der Waals surface area contributed by atoms with Crippen LogP contribution in [-0.2, 0) is 11.2 Å². The van der Waals surface area contributed by atoms with Gasteiger partial charge in [-0.1, -0.05) is 6.07 Å². The lowest BCUT2D eigenvalue weighted by atomic mass is 10.1. The van der Waals surface area contributed by atoms with Crippen LogP contribution in [0.5, 0.6) is 11.5 Å². The molecule has 0 radical (unpaired) electrons. The molecule has 0 bridgehead atoms. The highest BCUT2D eigenvalue weighted by Crippen LogP contribution is 2.27. The topological polar surface area (TPSA) is 93.8 Å². The average molecular weight is 268 g/mol. The molecule has 106 valence electrons. The predicted molar refractivity (Wildman–Crippen MR) is 71.3 cm³/mol. The molecule has 1 aromatic carbocycles. The van der Waals surface area contributed by atoms with Crippen molar-refractivity contribution in [1.29, 1.82) is 0 Å². The van der Waals surface area contributed by atoms with Crippen molar-refractivity contribution >= 4 is 5.91 Å². The van der Waals surface area contributed by atoms with Crippen molar-refractivity contribution < 1.29 is 19.4 Å². The van der Waals surface area contributed by atoms with Gasteiger partial charge in [0.2, 0.25) is 5.91 Å². The summed E-state index contributed by atoms with van der Waals surface area (Å²) < 4.78 is 10.4. The fourth-order valence-corrected chi connectivity index (χ4v) is 1.61. The predicted octanol–water partition coefficient (Wildman–Crippen LogP) is -0.318. The first-order valence-electron chi connectivity index (χ1n) is 5.97. The molecule has 0 saturated heterocycles. The monoisotopic (exact) mass is 268 g/mol. The number of rotatable bonds is 8. The summed E-state index contributed by atoms with van der Waals surface area (Å²) in [6.45, 7) is 0.780. The van der Waals surface area contributed by atoms with Crippen molar-refractivity contribution in [2.24, 2.45) is 5.73 Å². The van der Waals surface area contributed by atoms with Crippen molar-refractivity contribution in [3.8, 4) is 11.5 Å². The van der Waals surface area contributed by atoms with Gasteiger partial charge in [0, 0.05) is 6.54 Å². The number of ether oxygens (including phenoxy) is 2. The lowest BCUT2D eigenvalue weighted by Crippen LogP contribution is -2.38. The van der Waals surface area contributed by atoms with Crippen molar-refractivity contribution in [2.75, 3.05) is 27.3 Å². The van der Waals surface area contributed by atoms with Gasteiger partial charge in [0.25, 0.3) is 0 Å². The summed E-state index contributed by atoms with van der Waals surface area (Å²) in [6.07, 6.45) is -0.406. The van der Waals surface area contributed by atoms with E-state index >= 15 is 0 Å². The van der Waals surface area contributed by atoms with Crippen LogP contribution < -0.4 is 20.5 Å². The second-order valence-electron chi connectivity index (χ2n) is 4.06. The van der Waals surface area contributed by atoms with E-state index in [-0.39, 0.29) is 6.54 Å². The molecular weight excluding hydrogens is 248 g/mol. The van der Waals surface area contributed by atoms with Crippen LogP contribution in [0.4, 0.5) is 0 Å². The lowest BCUT2D eigenvalue weighted by molar-refractivity contribution is -0.125. The molecule has 4 N–H and O–H groups in total. The Bertz CT molecular complexity index is 423. The first-order valence-corrected chi connectivity index (χ1v) is 5.97. The molecule has 1 atom stereocenters. The van der Waals surface area contributed by atoms with Gasteiger partial charge in [-0.05, 0) is 30.7 Å². The molecule has 1 aromatic rings. The molecule has 0 saturated carbocycles. The molecule has 0 aromatic heterocycles. The quantitative estimate of drug-likeness (QED) is 0.562. The fraction of sp³-hybridized carbons (Fsp3) is 0.462. The minimum atomic E-state index is -1.15. The fourth-order valence-electron chi connectivity index (χ4n) is 1.61. The van der Waals surface area contributed by atoms with Gasteiger partial charge in [0.1, 0.15) is 6.10 Å². The highest BCUT2D eigenvalue weighted by atomic mass is 16.5. The number of primary amides is 1. The second kappa shape index (κ2) is 7.60. The van der Waals surface area contributed by atoms with Gasteiger partial charge in [-0.15, -0.1) is 0 Å². The van der Waals surface area contributed by atoms with E-state index in [1.54, 1.807) is 14.2 Å². The largest absolute Gasteiger partial charge is 0.493 e. The van der Waals surface area contributed by atoms with E-state index in [9.17, 15) is 9.90 Å². The second-order valence-corrected chi connectivity index (χ2v) is 4.06. The minimum absolute atomic E-state index is 0.155. The zero-order valence-electron chi connectivity index (χ0n) is 11.2. The summed E-state index contributed by atoms with van der Waals surface area (Å²) in [4.78, 5) is 10.6. The summed E-state index contributed by atoms with van der Waals surface area (Å²) in [5.74, 6) is 0.638. The summed E-state index contributed by atoms with van der Waals surface area (Å²) in [6, 6.07) is 5.67. The molecular formula is C13H20N2O4. The van der Waals surface area contributed by atoms with Crippen LogP contribution in [0.1, 0.15) is 5.56 Å². The number of nitrogens with one attached hydrogen (secondary N) is 1. The Hall–Kier alpha value is -1.79. The van der Waals surface area contributed by atoms with Crippen LogP contribution in [-0.4, -0.2) is 44.4 Å². The van der Waals surface area contributed by atoms with Gasteiger partial charge in [0.05, 0.1) is 14.2 Å². The number of carbonyl (C=O) groups is 1. The number of aliphatic hydroxyl groups excluding tert-OH is 1. The molecule has 0 fully saturated rings. The third kappa shape index (κ3) is 4.76. The molecule has 0 aliphatic carbocycles. The molecule has 1 rings (SSSR count). The molecule has 6 nitrogen and oxygen atoms in total. The maximum atomic E-state index is 10.6. The van der Waals surface area contributed by atoms with Gasteiger partial charge in [-0.3, -0.25) is 4.79 Å². The summed E-state index contributed by atoms with van der Waals surface area (Å²) in [5.41, 5.74) is 6.01. The standard InChI is InChI=1S/C13H20N2O4/c1-18-11-4-3-9(7-12(11)19-2)5-6-15-8-10(16)13(14)17/h3-4,7,10,15-16H,5-6,8H2,1-2H3,(H2,14,17)/t10-/m1/s1. The van der Waals surface area contributed by atoms with Gasteiger partial charge in [0.15, 0.2) is 11.5 Å². The van der Waals surface area contributed by atoms with Gasteiger partial charge >= 0.3 is 0 Å². The van der Waals surface area contributed by atoms with E-state index in [0.29, 0.717) is 18.0 Å². The normalized spacial score (nSPS) is 11.9. The summed E-state index contributed by atoms with van der Waals surface area (Å²) >= 11 is 0. The molecule has 1 amide bonds. The van der Waals surface area contributed by atoms with Gasteiger partial charge < -0.3 is 25.6 Å². The third-order valence-corrected chi connectivity index (χ3v) is 2.70. The highest BCUT2D eigenvalue weighted by molar-refractivity contribution is 5.78. The SMILES string of the molecule is COc1ccc(CCNC[C@@H](O)C(N)=O)cc1OC. The van der Waals surface area contributed by atoms with Crippen LogP contribution >= 0.6 is 0 Å². The molecule has 0 aliphatic heterocycles. The van der Waals surface area contributed by atoms with E-state index in [2.05, 4.69) is 5.32 Å². The van der Waals surface area contributed by atoms with E-state index in [1.165, 1.54) is 0 Å². The molecule has 6 heteroatoms. The Morgan fingerprint density at radius 3 is 2.63 bits per heavy atom.